The van der Waals surface area contributed by atoms with Gasteiger partial charge in [-0.15, -0.1) is 0 Å². The number of piperidine rings is 1. The molecule has 2 aliphatic heterocycles. The van der Waals surface area contributed by atoms with Crippen molar-refractivity contribution in [1.29, 1.82) is 0 Å². The van der Waals surface area contributed by atoms with E-state index in [9.17, 15) is 13.6 Å². The van der Waals surface area contributed by atoms with Crippen molar-refractivity contribution >= 4 is 11.9 Å². The average Bonchev–Trinajstić information content (AvgIpc) is 3.63. The Kier molecular flexibility index (Phi) is 7.02. The molecule has 2 atom stereocenters. The third-order valence-electron chi connectivity index (χ3n) is 7.57. The molecule has 0 radical (unpaired) electrons. The van der Waals surface area contributed by atoms with E-state index in [1.165, 1.54) is 17.4 Å². The number of amides is 1. The molecule has 1 aromatic carbocycles. The van der Waals surface area contributed by atoms with Crippen molar-refractivity contribution in [3.05, 3.63) is 42.0 Å². The fraction of sp³-hybridized carbons (Fsp3) is 0.577. The lowest BCUT2D eigenvalue weighted by Crippen LogP contribution is -2.52. The van der Waals surface area contributed by atoms with Crippen LogP contribution in [0.3, 0.4) is 0 Å². The van der Waals surface area contributed by atoms with Crippen LogP contribution < -0.4 is 14.4 Å². The van der Waals surface area contributed by atoms with Crippen LogP contribution in [0, 0.1) is 23.6 Å². The molecule has 1 aliphatic carbocycles. The Morgan fingerprint density at radius 3 is 2.54 bits per heavy atom. The summed E-state index contributed by atoms with van der Waals surface area (Å²) in [7, 11) is 1.61. The first-order valence-electron chi connectivity index (χ1n) is 12.4. The Hall–Kier alpha value is -2.97. The zero-order valence-corrected chi connectivity index (χ0v) is 20.0. The fourth-order valence-electron chi connectivity index (χ4n) is 5.28. The maximum absolute atomic E-state index is 14.4. The Morgan fingerprint density at radius 2 is 1.89 bits per heavy atom. The van der Waals surface area contributed by atoms with Gasteiger partial charge in [-0.3, -0.25) is 4.79 Å². The van der Waals surface area contributed by atoms with Gasteiger partial charge in [-0.1, -0.05) is 6.07 Å². The number of ether oxygens (including phenoxy) is 2. The highest BCUT2D eigenvalue weighted by Crippen LogP contribution is 2.49. The molecule has 3 fully saturated rings. The van der Waals surface area contributed by atoms with Crippen LogP contribution in [0.2, 0.25) is 0 Å². The van der Waals surface area contributed by atoms with Crippen molar-refractivity contribution in [2.24, 2.45) is 17.8 Å². The number of hydrogen-bond acceptors (Lipinski definition) is 6. The highest BCUT2D eigenvalue weighted by Gasteiger charge is 2.43. The van der Waals surface area contributed by atoms with Gasteiger partial charge in [-0.05, 0) is 55.1 Å². The predicted octanol–water partition coefficient (Wildman–Crippen LogP) is 3.67. The summed E-state index contributed by atoms with van der Waals surface area (Å²) in [4.78, 5) is 24.5. The van der Waals surface area contributed by atoms with E-state index in [4.69, 9.17) is 9.47 Å². The zero-order valence-electron chi connectivity index (χ0n) is 20.0. The zero-order chi connectivity index (χ0) is 24.4. The van der Waals surface area contributed by atoms with Gasteiger partial charge >= 0.3 is 0 Å². The SMILES string of the molecule is COc1cnc(N2CCC(C3CC3CCOc3ccc(CC(=O)N4CC(F)C4)c(F)c3)CC2)nc1. The Bertz CT molecular complexity index is 1020. The van der Waals surface area contributed by atoms with E-state index in [-0.39, 0.29) is 25.4 Å². The number of carbonyl (C=O) groups excluding carboxylic acids is 1. The summed E-state index contributed by atoms with van der Waals surface area (Å²) in [5, 5.41) is 0. The van der Waals surface area contributed by atoms with Gasteiger partial charge in [0.05, 0.1) is 45.6 Å². The number of methoxy groups -OCH3 is 1. The summed E-state index contributed by atoms with van der Waals surface area (Å²) < 4.78 is 38.3. The molecule has 2 saturated heterocycles. The number of anilines is 1. The average molecular weight is 487 g/mol. The van der Waals surface area contributed by atoms with Crippen LogP contribution in [-0.4, -0.2) is 66.8 Å². The molecule has 0 spiro atoms. The van der Waals surface area contributed by atoms with Crippen LogP contribution in [0.5, 0.6) is 11.5 Å². The van der Waals surface area contributed by atoms with Crippen molar-refractivity contribution in [2.45, 2.75) is 38.3 Å². The number of alkyl halides is 1. The van der Waals surface area contributed by atoms with Crippen LogP contribution in [0.25, 0.3) is 0 Å². The van der Waals surface area contributed by atoms with Gasteiger partial charge in [0.2, 0.25) is 11.9 Å². The summed E-state index contributed by atoms with van der Waals surface area (Å²) in [6.45, 7) is 2.72. The molecule has 9 heteroatoms. The summed E-state index contributed by atoms with van der Waals surface area (Å²) in [6.07, 6.45) is 6.91. The molecule has 2 aromatic rings. The second-order valence-corrected chi connectivity index (χ2v) is 9.87. The number of rotatable bonds is 9. The third kappa shape index (κ3) is 5.65. The molecule has 35 heavy (non-hydrogen) atoms. The van der Waals surface area contributed by atoms with E-state index in [0.29, 0.717) is 29.6 Å². The first kappa shape index (κ1) is 23.8. The van der Waals surface area contributed by atoms with E-state index >= 15 is 0 Å². The molecule has 1 saturated carbocycles. The first-order chi connectivity index (χ1) is 17.0. The quantitative estimate of drug-likeness (QED) is 0.539. The molecule has 3 heterocycles. The number of nitrogens with zero attached hydrogens (tertiary/aromatic N) is 4. The van der Waals surface area contributed by atoms with Crippen LogP contribution >= 0.6 is 0 Å². The van der Waals surface area contributed by atoms with E-state index in [1.807, 2.05) is 0 Å². The summed E-state index contributed by atoms with van der Waals surface area (Å²) >= 11 is 0. The predicted molar refractivity (Wildman–Crippen MR) is 127 cm³/mol. The van der Waals surface area contributed by atoms with E-state index < -0.39 is 12.0 Å². The molecule has 1 aromatic heterocycles. The Labute approximate surface area is 204 Å². The van der Waals surface area contributed by atoms with Crippen LogP contribution in [0.4, 0.5) is 14.7 Å². The molecular weight excluding hydrogens is 454 g/mol. The van der Waals surface area contributed by atoms with E-state index in [0.717, 1.165) is 50.1 Å². The molecule has 1 amide bonds. The van der Waals surface area contributed by atoms with Crippen LogP contribution in [-0.2, 0) is 11.2 Å². The largest absolute Gasteiger partial charge is 0.494 e. The number of halogens is 2. The number of aromatic nitrogens is 2. The molecule has 7 nitrogen and oxygen atoms in total. The van der Waals surface area contributed by atoms with Crippen molar-refractivity contribution in [1.82, 2.24) is 14.9 Å². The second kappa shape index (κ2) is 10.3. The molecule has 5 rings (SSSR count). The lowest BCUT2D eigenvalue weighted by atomic mass is 9.90. The van der Waals surface area contributed by atoms with E-state index in [1.54, 1.807) is 31.6 Å². The van der Waals surface area contributed by atoms with Crippen LogP contribution in [0.1, 0.15) is 31.2 Å². The lowest BCUT2D eigenvalue weighted by Gasteiger charge is -2.34. The van der Waals surface area contributed by atoms with Crippen LogP contribution in [0.15, 0.2) is 30.6 Å². The van der Waals surface area contributed by atoms with Crippen molar-refractivity contribution in [3.63, 3.8) is 0 Å². The molecule has 188 valence electrons. The summed E-state index contributed by atoms with van der Waals surface area (Å²) in [5.41, 5.74) is 0.318. The van der Waals surface area contributed by atoms with Gasteiger partial charge in [0.1, 0.15) is 17.7 Å². The number of likely N-dealkylation sites (tertiary alicyclic amines) is 1. The van der Waals surface area contributed by atoms with Gasteiger partial charge < -0.3 is 19.3 Å². The smallest absolute Gasteiger partial charge is 0.227 e. The monoisotopic (exact) mass is 486 g/mol. The lowest BCUT2D eigenvalue weighted by molar-refractivity contribution is -0.137. The maximum Gasteiger partial charge on any atom is 0.227 e. The van der Waals surface area contributed by atoms with Crippen molar-refractivity contribution in [2.75, 3.05) is 44.8 Å². The molecule has 2 unspecified atom stereocenters. The Balaban J connectivity index is 1.01. The molecule has 0 N–H and O–H groups in total. The summed E-state index contributed by atoms with van der Waals surface area (Å²) in [6, 6.07) is 4.65. The van der Waals surface area contributed by atoms with Gasteiger partial charge in [0.25, 0.3) is 0 Å². The van der Waals surface area contributed by atoms with Gasteiger partial charge in [0, 0.05) is 19.2 Å². The minimum atomic E-state index is -0.951. The molecule has 3 aliphatic rings. The van der Waals surface area contributed by atoms with Gasteiger partial charge in [-0.25, -0.2) is 18.7 Å². The fourth-order valence-corrected chi connectivity index (χ4v) is 5.28. The minimum Gasteiger partial charge on any atom is -0.494 e. The van der Waals surface area contributed by atoms with Gasteiger partial charge in [0.15, 0.2) is 5.75 Å². The molecular formula is C26H32F2N4O3. The number of benzene rings is 1. The summed E-state index contributed by atoms with van der Waals surface area (Å²) in [5.74, 6) is 3.36. The standard InChI is InChI=1S/C26H32F2N4O3/c1-34-22-13-29-26(30-14-22)31-7-4-17(5-8-31)23-10-18(23)6-9-35-21-3-2-19(24(28)12-21)11-25(33)32-15-20(27)16-32/h2-3,12-14,17-18,20,23H,4-11,15-16H2,1H3. The highest BCUT2D eigenvalue weighted by atomic mass is 19.1. The van der Waals surface area contributed by atoms with Gasteiger partial charge in [-0.2, -0.15) is 0 Å². The topological polar surface area (TPSA) is 67.8 Å². The normalized spacial score (nSPS) is 22.6. The molecule has 0 bridgehead atoms. The van der Waals surface area contributed by atoms with Crippen molar-refractivity contribution in [3.8, 4) is 11.5 Å². The Morgan fingerprint density at radius 1 is 1.14 bits per heavy atom. The minimum absolute atomic E-state index is 0.0496. The first-order valence-corrected chi connectivity index (χ1v) is 12.4. The third-order valence-corrected chi connectivity index (χ3v) is 7.57. The van der Waals surface area contributed by atoms with Crippen molar-refractivity contribution < 1.29 is 23.0 Å². The van der Waals surface area contributed by atoms with E-state index in [2.05, 4.69) is 14.9 Å². The second-order valence-electron chi connectivity index (χ2n) is 9.87. The maximum atomic E-state index is 14.4. The number of carbonyl (C=O) groups is 1. The number of hydrogen-bond donors (Lipinski definition) is 0. The highest BCUT2D eigenvalue weighted by molar-refractivity contribution is 5.79.